The van der Waals surface area contributed by atoms with Crippen LogP contribution in [0.5, 0.6) is 0 Å². The minimum atomic E-state index is -3.42. The third-order valence-corrected chi connectivity index (χ3v) is 3.48. The first kappa shape index (κ1) is 11.7. The normalized spacial score (nSPS) is 11.3. The molecule has 0 radical (unpaired) electrons. The van der Waals surface area contributed by atoms with Gasteiger partial charge in [0.15, 0.2) is 0 Å². The van der Waals surface area contributed by atoms with Gasteiger partial charge in [-0.3, -0.25) is 0 Å². The van der Waals surface area contributed by atoms with Gasteiger partial charge in [-0.15, -0.1) is 0 Å². The van der Waals surface area contributed by atoms with Gasteiger partial charge in [0.2, 0.25) is 10.0 Å². The van der Waals surface area contributed by atoms with Crippen LogP contribution in [-0.4, -0.2) is 15.5 Å². The second kappa shape index (κ2) is 4.04. The molecule has 4 nitrogen and oxygen atoms in total. The monoisotopic (exact) mass is 226 g/mol. The molecule has 15 heavy (non-hydrogen) atoms. The van der Waals surface area contributed by atoms with Crippen molar-refractivity contribution in [2.45, 2.75) is 11.8 Å². The molecule has 5 heteroatoms. The summed E-state index contributed by atoms with van der Waals surface area (Å²) in [6.07, 6.45) is 0. The molecular weight excluding hydrogens is 212 g/mol. The van der Waals surface area contributed by atoms with Gasteiger partial charge in [-0.2, -0.15) is 0 Å². The van der Waals surface area contributed by atoms with Crippen molar-refractivity contribution in [1.82, 2.24) is 4.72 Å². The highest BCUT2D eigenvalue weighted by Gasteiger charge is 2.13. The number of rotatable bonds is 3. The van der Waals surface area contributed by atoms with Crippen LogP contribution in [0, 0.1) is 0 Å². The first-order chi connectivity index (χ1) is 6.88. The molecule has 3 N–H and O–H groups in total. The van der Waals surface area contributed by atoms with Gasteiger partial charge in [0.1, 0.15) is 0 Å². The van der Waals surface area contributed by atoms with E-state index in [2.05, 4.69) is 11.3 Å². The van der Waals surface area contributed by atoms with Gasteiger partial charge in [-0.1, -0.05) is 6.58 Å². The van der Waals surface area contributed by atoms with Crippen LogP contribution < -0.4 is 10.5 Å². The Kier molecular flexibility index (Phi) is 3.16. The van der Waals surface area contributed by atoms with E-state index in [1.165, 1.54) is 19.2 Å². The second-order valence-corrected chi connectivity index (χ2v) is 5.12. The van der Waals surface area contributed by atoms with E-state index in [1.807, 2.05) is 0 Å². The number of sulfonamides is 1. The molecule has 0 atom stereocenters. The molecule has 0 aliphatic heterocycles. The van der Waals surface area contributed by atoms with Gasteiger partial charge in [0.05, 0.1) is 4.90 Å². The van der Waals surface area contributed by atoms with E-state index in [0.717, 1.165) is 5.57 Å². The van der Waals surface area contributed by atoms with Crippen LogP contribution >= 0.6 is 0 Å². The molecule has 82 valence electrons. The Morgan fingerprint density at radius 1 is 1.47 bits per heavy atom. The summed E-state index contributed by atoms with van der Waals surface area (Å²) in [7, 11) is -2.05. The zero-order valence-electron chi connectivity index (χ0n) is 8.74. The van der Waals surface area contributed by atoms with Crippen LogP contribution in [0.1, 0.15) is 12.5 Å². The fourth-order valence-electron chi connectivity index (χ4n) is 1.19. The highest BCUT2D eigenvalue weighted by Crippen LogP contribution is 2.23. The van der Waals surface area contributed by atoms with Crippen LogP contribution in [0.4, 0.5) is 5.69 Å². The van der Waals surface area contributed by atoms with E-state index in [0.29, 0.717) is 11.3 Å². The number of nitrogen functional groups attached to an aromatic ring is 1. The molecule has 0 aliphatic rings. The Balaban J connectivity index is 3.38. The van der Waals surface area contributed by atoms with Crippen LogP contribution in [0.15, 0.2) is 29.7 Å². The van der Waals surface area contributed by atoms with E-state index in [-0.39, 0.29) is 4.90 Å². The van der Waals surface area contributed by atoms with Gasteiger partial charge in [-0.25, -0.2) is 13.1 Å². The number of nitrogens with two attached hydrogens (primary N) is 1. The fourth-order valence-corrected chi connectivity index (χ4v) is 1.95. The van der Waals surface area contributed by atoms with E-state index in [1.54, 1.807) is 13.0 Å². The zero-order valence-corrected chi connectivity index (χ0v) is 9.56. The van der Waals surface area contributed by atoms with Gasteiger partial charge < -0.3 is 5.73 Å². The molecule has 0 amide bonds. The zero-order chi connectivity index (χ0) is 11.6. The maximum absolute atomic E-state index is 11.5. The van der Waals surface area contributed by atoms with Crippen LogP contribution in [0.2, 0.25) is 0 Å². The van der Waals surface area contributed by atoms with Gasteiger partial charge in [0.25, 0.3) is 0 Å². The molecule has 0 saturated heterocycles. The molecule has 0 unspecified atom stereocenters. The fraction of sp³-hybridized carbons (Fsp3) is 0.200. The van der Waals surface area contributed by atoms with E-state index in [9.17, 15) is 8.42 Å². The Labute approximate surface area is 89.9 Å². The first-order valence-corrected chi connectivity index (χ1v) is 5.86. The molecule has 0 aliphatic carbocycles. The standard InChI is InChI=1S/C10H14N2O2S/c1-7(2)9-6-8(4-5-10(9)11)15(13,14)12-3/h4-6,12H,1,11H2,2-3H3. The Morgan fingerprint density at radius 3 is 2.53 bits per heavy atom. The van der Waals surface area contributed by atoms with Crippen molar-refractivity contribution in [3.8, 4) is 0 Å². The summed E-state index contributed by atoms with van der Waals surface area (Å²) in [4.78, 5) is 0.192. The topological polar surface area (TPSA) is 72.2 Å². The first-order valence-electron chi connectivity index (χ1n) is 4.37. The van der Waals surface area contributed by atoms with Crippen molar-refractivity contribution in [3.63, 3.8) is 0 Å². The van der Waals surface area contributed by atoms with Crippen LogP contribution in [0.25, 0.3) is 5.57 Å². The van der Waals surface area contributed by atoms with E-state index >= 15 is 0 Å². The van der Waals surface area contributed by atoms with Gasteiger partial charge >= 0.3 is 0 Å². The molecule has 0 saturated carbocycles. The Morgan fingerprint density at radius 2 is 2.07 bits per heavy atom. The highest BCUT2D eigenvalue weighted by atomic mass is 32.2. The van der Waals surface area contributed by atoms with Gasteiger partial charge in [0, 0.05) is 11.3 Å². The lowest BCUT2D eigenvalue weighted by Crippen LogP contribution is -2.18. The number of allylic oxidation sites excluding steroid dienone is 1. The summed E-state index contributed by atoms with van der Waals surface area (Å²) < 4.78 is 25.3. The highest BCUT2D eigenvalue weighted by molar-refractivity contribution is 7.89. The van der Waals surface area contributed by atoms with E-state index < -0.39 is 10.0 Å². The summed E-state index contributed by atoms with van der Waals surface area (Å²) in [5.41, 5.74) is 7.62. The van der Waals surface area contributed by atoms with Crippen molar-refractivity contribution in [2.75, 3.05) is 12.8 Å². The molecule has 0 aromatic heterocycles. The van der Waals surface area contributed by atoms with Crippen molar-refractivity contribution < 1.29 is 8.42 Å². The maximum atomic E-state index is 11.5. The quantitative estimate of drug-likeness (QED) is 0.761. The molecule has 1 aromatic carbocycles. The molecule has 0 fully saturated rings. The molecule has 0 heterocycles. The van der Waals surface area contributed by atoms with Crippen molar-refractivity contribution in [1.29, 1.82) is 0 Å². The number of benzene rings is 1. The van der Waals surface area contributed by atoms with Crippen molar-refractivity contribution in [3.05, 3.63) is 30.3 Å². The average molecular weight is 226 g/mol. The molecule has 0 bridgehead atoms. The lowest BCUT2D eigenvalue weighted by molar-refractivity contribution is 0.588. The largest absolute Gasteiger partial charge is 0.398 e. The minimum absolute atomic E-state index is 0.192. The molecule has 1 aromatic rings. The molecule has 1 rings (SSSR count). The lowest BCUT2D eigenvalue weighted by Gasteiger charge is -2.08. The van der Waals surface area contributed by atoms with Gasteiger partial charge in [-0.05, 0) is 37.7 Å². The second-order valence-electron chi connectivity index (χ2n) is 3.24. The summed E-state index contributed by atoms with van der Waals surface area (Å²) in [5.74, 6) is 0. The van der Waals surface area contributed by atoms with Crippen molar-refractivity contribution >= 4 is 21.3 Å². The molecule has 0 spiro atoms. The Hall–Kier alpha value is -1.33. The van der Waals surface area contributed by atoms with Crippen LogP contribution in [-0.2, 0) is 10.0 Å². The average Bonchev–Trinajstić information content (AvgIpc) is 2.17. The number of nitrogens with one attached hydrogen (secondary N) is 1. The van der Waals surface area contributed by atoms with Crippen molar-refractivity contribution in [2.24, 2.45) is 0 Å². The summed E-state index contributed by atoms with van der Waals surface area (Å²) in [6.45, 7) is 5.52. The van der Waals surface area contributed by atoms with E-state index in [4.69, 9.17) is 5.73 Å². The number of hydrogen-bond donors (Lipinski definition) is 2. The minimum Gasteiger partial charge on any atom is -0.398 e. The number of hydrogen-bond acceptors (Lipinski definition) is 3. The van der Waals surface area contributed by atoms with Crippen LogP contribution in [0.3, 0.4) is 0 Å². The summed E-state index contributed by atoms with van der Waals surface area (Å²) in [5, 5.41) is 0. The molecular formula is C10H14N2O2S. The smallest absolute Gasteiger partial charge is 0.240 e. The maximum Gasteiger partial charge on any atom is 0.240 e. The summed E-state index contributed by atoms with van der Waals surface area (Å²) in [6, 6.07) is 4.55. The Bertz CT molecular complexity index is 492. The third-order valence-electron chi connectivity index (χ3n) is 2.06. The third kappa shape index (κ3) is 2.37. The SMILES string of the molecule is C=C(C)c1cc(S(=O)(=O)NC)ccc1N. The predicted molar refractivity (Wildman–Crippen MR) is 61.8 cm³/mol. The summed E-state index contributed by atoms with van der Waals surface area (Å²) >= 11 is 0. The predicted octanol–water partition coefficient (Wildman–Crippen LogP) is 1.21. The number of anilines is 1. The lowest BCUT2D eigenvalue weighted by atomic mass is 10.1.